The Balaban J connectivity index is 2.18. The first-order chi connectivity index (χ1) is 13.2. The molecule has 0 radical (unpaired) electrons. The summed E-state index contributed by atoms with van der Waals surface area (Å²) in [7, 11) is 2.54. The number of aliphatic hydroxyl groups is 1. The van der Waals surface area contributed by atoms with Crippen LogP contribution in [0.5, 0.6) is 0 Å². The second kappa shape index (κ2) is 8.30. The number of rotatable bonds is 6. The summed E-state index contributed by atoms with van der Waals surface area (Å²) in [5.41, 5.74) is 0.730. The zero-order chi connectivity index (χ0) is 22.0. The topological polar surface area (TPSA) is 26.7 Å². The molecule has 0 aliphatic rings. The molecule has 0 fully saturated rings. The lowest BCUT2D eigenvalue weighted by Gasteiger charge is -2.22. The first kappa shape index (κ1) is 20.3. The number of nitrogens with zero attached hydrogens (tertiary/aromatic N) is 2. The van der Waals surface area contributed by atoms with Crippen LogP contribution < -0.4 is 9.80 Å². The molecule has 0 atom stereocenters. The molecule has 9 heteroatoms. The van der Waals surface area contributed by atoms with Gasteiger partial charge in [-0.1, -0.05) is 24.3 Å². The highest BCUT2D eigenvalue weighted by Crippen LogP contribution is 2.28. The minimum Gasteiger partial charge on any atom is -0.384 e. The van der Waals surface area contributed by atoms with E-state index in [2.05, 4.69) is 0 Å². The number of benzene rings is 2. The molecular weight excluding hydrogens is 386 g/mol. The lowest BCUT2D eigenvalue weighted by atomic mass is 10.0. The number of alkyl halides is 6. The number of anilines is 2. The summed E-state index contributed by atoms with van der Waals surface area (Å²) in [5.74, 6) is 0. The SMILES string of the molecule is [2H]C(O)(c1ccc(N(C)CC(F)(F)F)cc1)c1ccc(N(C)CC(F)(F)F)cc1. The monoisotopic (exact) mass is 407 g/mol. The van der Waals surface area contributed by atoms with Crippen molar-refractivity contribution < 1.29 is 32.8 Å². The molecule has 0 saturated carbocycles. The Morgan fingerprint density at radius 2 is 1.04 bits per heavy atom. The molecule has 154 valence electrons. The van der Waals surface area contributed by atoms with Gasteiger partial charge in [0.2, 0.25) is 0 Å². The van der Waals surface area contributed by atoms with Gasteiger partial charge in [-0.3, -0.25) is 0 Å². The highest BCUT2D eigenvalue weighted by Gasteiger charge is 2.30. The van der Waals surface area contributed by atoms with Gasteiger partial charge in [0.25, 0.3) is 0 Å². The molecule has 0 aliphatic carbocycles. The molecule has 1 N–H and O–H groups in total. The smallest absolute Gasteiger partial charge is 0.384 e. The van der Waals surface area contributed by atoms with Crippen LogP contribution in [0.15, 0.2) is 48.5 Å². The molecule has 0 bridgehead atoms. The van der Waals surface area contributed by atoms with Gasteiger partial charge < -0.3 is 14.9 Å². The Morgan fingerprint density at radius 3 is 1.29 bits per heavy atom. The van der Waals surface area contributed by atoms with E-state index >= 15 is 0 Å². The van der Waals surface area contributed by atoms with Crippen LogP contribution in [0, 0.1) is 0 Å². The summed E-state index contributed by atoms with van der Waals surface area (Å²) in [6.45, 7) is -2.30. The van der Waals surface area contributed by atoms with Crippen LogP contribution in [0.3, 0.4) is 0 Å². The largest absolute Gasteiger partial charge is 0.405 e. The molecule has 3 nitrogen and oxygen atoms in total. The fourth-order valence-corrected chi connectivity index (χ4v) is 2.63. The van der Waals surface area contributed by atoms with E-state index in [9.17, 15) is 31.4 Å². The minimum atomic E-state index is -4.37. The number of hydrogen-bond donors (Lipinski definition) is 1. The van der Waals surface area contributed by atoms with Gasteiger partial charge in [0.05, 0.1) is 1.37 Å². The van der Waals surface area contributed by atoms with Crippen molar-refractivity contribution in [3.05, 3.63) is 59.7 Å². The molecule has 0 unspecified atom stereocenters. The van der Waals surface area contributed by atoms with Gasteiger partial charge in [-0.25, -0.2) is 0 Å². The van der Waals surface area contributed by atoms with Crippen LogP contribution in [0.25, 0.3) is 0 Å². The van der Waals surface area contributed by atoms with E-state index in [0.29, 0.717) is 0 Å². The van der Waals surface area contributed by atoms with Crippen LogP contribution in [-0.4, -0.2) is 44.6 Å². The summed E-state index contributed by atoms with van der Waals surface area (Å²) in [6.07, 6.45) is -11.0. The van der Waals surface area contributed by atoms with Crippen LogP contribution in [0.2, 0.25) is 0 Å². The predicted molar refractivity (Wildman–Crippen MR) is 95.6 cm³/mol. The van der Waals surface area contributed by atoms with Gasteiger partial charge in [0.1, 0.15) is 19.2 Å². The molecule has 0 spiro atoms. The Labute approximate surface area is 160 Å². The van der Waals surface area contributed by atoms with Gasteiger partial charge in [-0.05, 0) is 35.4 Å². The van der Waals surface area contributed by atoms with Gasteiger partial charge in [0.15, 0.2) is 0 Å². The van der Waals surface area contributed by atoms with Crippen LogP contribution in [-0.2, 0) is 0 Å². The third-order valence-corrected chi connectivity index (χ3v) is 4.00. The summed E-state index contributed by atoms with van der Waals surface area (Å²) in [5, 5.41) is 10.6. The molecule has 0 amide bonds. The molecule has 2 aromatic rings. The first-order valence-electron chi connectivity index (χ1n) is 8.68. The van der Waals surface area contributed by atoms with Crippen molar-refractivity contribution in [1.82, 2.24) is 0 Å². The minimum absolute atomic E-state index is 0.109. The van der Waals surface area contributed by atoms with Gasteiger partial charge in [0, 0.05) is 25.5 Å². The Hall–Kier alpha value is -2.42. The Kier molecular flexibility index (Phi) is 6.02. The van der Waals surface area contributed by atoms with E-state index in [1.54, 1.807) is 0 Å². The van der Waals surface area contributed by atoms with E-state index in [4.69, 9.17) is 1.37 Å². The van der Waals surface area contributed by atoms with E-state index in [1.165, 1.54) is 62.6 Å². The standard InChI is InChI=1S/C19H20F6N2O/c1-26(11-18(20,21)22)15-7-3-13(4-8-15)17(28)14-5-9-16(10-6-14)27(2)12-19(23,24)25/h3-10,17,28H,11-12H2,1-2H3/i17D. The third kappa shape index (κ3) is 6.33. The zero-order valence-corrected chi connectivity index (χ0v) is 15.1. The molecule has 2 rings (SSSR count). The van der Waals surface area contributed by atoms with Gasteiger partial charge in [-0.15, -0.1) is 0 Å². The molecule has 0 aromatic heterocycles. The molecular formula is C19H20F6N2O. The first-order valence-corrected chi connectivity index (χ1v) is 8.18. The fourth-order valence-electron chi connectivity index (χ4n) is 2.63. The summed E-state index contributed by atoms with van der Waals surface area (Å²) in [4.78, 5) is 1.97. The van der Waals surface area contributed by atoms with Crippen LogP contribution >= 0.6 is 0 Å². The maximum Gasteiger partial charge on any atom is 0.405 e. The summed E-state index contributed by atoms with van der Waals surface area (Å²) >= 11 is 0. The molecule has 0 heterocycles. The van der Waals surface area contributed by atoms with E-state index in [0.717, 1.165) is 9.80 Å². The van der Waals surface area contributed by atoms with Gasteiger partial charge in [-0.2, -0.15) is 26.3 Å². The van der Waals surface area contributed by atoms with E-state index in [-0.39, 0.29) is 22.5 Å². The second-order valence-electron chi connectivity index (χ2n) is 6.38. The average Bonchev–Trinajstić information content (AvgIpc) is 2.59. The van der Waals surface area contributed by atoms with Crippen molar-refractivity contribution in [2.24, 2.45) is 0 Å². The van der Waals surface area contributed by atoms with Crippen molar-refractivity contribution in [3.63, 3.8) is 0 Å². The zero-order valence-electron chi connectivity index (χ0n) is 16.1. The van der Waals surface area contributed by atoms with Crippen molar-refractivity contribution in [3.8, 4) is 0 Å². The Bertz CT molecular complexity index is 736. The predicted octanol–water partition coefficient (Wildman–Crippen LogP) is 4.77. The molecule has 28 heavy (non-hydrogen) atoms. The molecule has 0 aliphatic heterocycles. The van der Waals surface area contributed by atoms with Gasteiger partial charge >= 0.3 is 12.4 Å². The number of hydrogen-bond acceptors (Lipinski definition) is 3. The van der Waals surface area contributed by atoms with E-state index < -0.39 is 31.5 Å². The highest BCUT2D eigenvalue weighted by atomic mass is 19.4. The van der Waals surface area contributed by atoms with Crippen molar-refractivity contribution in [1.29, 1.82) is 0 Å². The van der Waals surface area contributed by atoms with Crippen molar-refractivity contribution >= 4 is 11.4 Å². The second-order valence-corrected chi connectivity index (χ2v) is 6.38. The maximum atomic E-state index is 12.5. The lowest BCUT2D eigenvalue weighted by Crippen LogP contribution is -2.30. The molecule has 0 saturated heterocycles. The normalized spacial score (nSPS) is 13.2. The summed E-state index contributed by atoms with van der Waals surface area (Å²) in [6, 6.07) is 10.7. The third-order valence-electron chi connectivity index (χ3n) is 4.00. The Morgan fingerprint density at radius 1 is 0.750 bits per heavy atom. The van der Waals surface area contributed by atoms with Crippen molar-refractivity contribution in [2.75, 3.05) is 37.0 Å². The lowest BCUT2D eigenvalue weighted by molar-refractivity contribution is -0.120. The van der Waals surface area contributed by atoms with Crippen LogP contribution in [0.4, 0.5) is 37.7 Å². The van der Waals surface area contributed by atoms with E-state index in [1.807, 2.05) is 0 Å². The maximum absolute atomic E-state index is 12.5. The number of halogens is 6. The summed E-state index contributed by atoms with van der Waals surface area (Å²) < 4.78 is 83.1. The highest BCUT2D eigenvalue weighted by molar-refractivity contribution is 5.50. The molecule has 2 aromatic carbocycles. The fraction of sp³-hybridized carbons (Fsp3) is 0.368. The van der Waals surface area contributed by atoms with Crippen molar-refractivity contribution in [2.45, 2.75) is 18.4 Å². The van der Waals surface area contributed by atoms with Crippen LogP contribution in [0.1, 0.15) is 18.6 Å². The average molecular weight is 407 g/mol. The quantitative estimate of drug-likeness (QED) is 0.700.